The smallest absolute Gasteiger partial charge is 0.247 e. The highest BCUT2D eigenvalue weighted by Crippen LogP contribution is 2.37. The van der Waals surface area contributed by atoms with Crippen LogP contribution in [0.15, 0.2) is 23.8 Å². The number of hydrogen-bond acceptors (Lipinski definition) is 9. The van der Waals surface area contributed by atoms with Gasteiger partial charge in [0.05, 0.1) is 29.4 Å². The number of methoxy groups -OCH3 is 1. The summed E-state index contributed by atoms with van der Waals surface area (Å²) < 4.78 is 18.0. The van der Waals surface area contributed by atoms with E-state index in [9.17, 15) is 29.4 Å². The maximum absolute atomic E-state index is 13.5. The number of carbonyl (C=O) groups excluding carboxylic acids is 4. The first-order valence-corrected chi connectivity index (χ1v) is 14.4. The molecule has 1 saturated heterocycles. The number of aliphatic hydroxyl groups is 2. The summed E-state index contributed by atoms with van der Waals surface area (Å²) in [6.45, 7) is 2.08. The van der Waals surface area contributed by atoms with E-state index in [-0.39, 0.29) is 68.3 Å². The molecule has 11 nitrogen and oxygen atoms in total. The SMILES string of the molecule is COc1cc(C=O)cc(I)c1O[C@H]1C=C(C(=O)NCCO)C[C@@H](N(C[C@@H]2CCCO2)C(=O)CCCC(C)=O)[C@@H]1O. The lowest BCUT2D eigenvalue weighted by molar-refractivity contribution is -0.141. The first kappa shape index (κ1) is 32.0. The third-order valence-electron chi connectivity index (χ3n) is 6.92. The van der Waals surface area contributed by atoms with Gasteiger partial charge < -0.3 is 39.4 Å². The second-order valence-electron chi connectivity index (χ2n) is 9.90. The second kappa shape index (κ2) is 15.5. The third kappa shape index (κ3) is 8.48. The largest absolute Gasteiger partial charge is 0.493 e. The minimum Gasteiger partial charge on any atom is -0.493 e. The van der Waals surface area contributed by atoms with E-state index in [2.05, 4.69) is 5.32 Å². The fourth-order valence-corrected chi connectivity index (χ4v) is 5.65. The number of ether oxygens (including phenoxy) is 3. The zero-order chi connectivity index (χ0) is 29.2. The van der Waals surface area contributed by atoms with Crippen LogP contribution in [0, 0.1) is 3.57 Å². The molecule has 2 aliphatic rings. The predicted molar refractivity (Wildman–Crippen MR) is 153 cm³/mol. The average molecular weight is 673 g/mol. The van der Waals surface area contributed by atoms with Gasteiger partial charge in [-0.05, 0) is 67.0 Å². The van der Waals surface area contributed by atoms with E-state index < -0.39 is 24.2 Å². The summed E-state index contributed by atoms with van der Waals surface area (Å²) in [6.07, 6.45) is 2.15. The Bertz CT molecular complexity index is 1100. The number of benzene rings is 1. The minimum atomic E-state index is -1.22. The van der Waals surface area contributed by atoms with Gasteiger partial charge in [0.15, 0.2) is 11.5 Å². The molecule has 0 bridgehead atoms. The molecule has 1 aromatic carbocycles. The van der Waals surface area contributed by atoms with E-state index in [1.54, 1.807) is 11.0 Å². The van der Waals surface area contributed by atoms with Gasteiger partial charge in [0.1, 0.15) is 24.3 Å². The van der Waals surface area contributed by atoms with E-state index in [1.165, 1.54) is 26.2 Å². The number of aliphatic hydroxyl groups excluding tert-OH is 2. The number of nitrogens with zero attached hydrogens (tertiary/aromatic N) is 1. The molecule has 0 unspecified atom stereocenters. The highest BCUT2D eigenvalue weighted by molar-refractivity contribution is 14.1. The highest BCUT2D eigenvalue weighted by atomic mass is 127. The van der Waals surface area contributed by atoms with Crippen LogP contribution < -0.4 is 14.8 Å². The number of Topliss-reactive ketones (excluding diaryl/α,β-unsaturated/α-hetero) is 1. The van der Waals surface area contributed by atoms with E-state index in [1.807, 2.05) is 22.6 Å². The first-order chi connectivity index (χ1) is 19.2. The van der Waals surface area contributed by atoms with Crippen LogP contribution >= 0.6 is 22.6 Å². The molecule has 40 heavy (non-hydrogen) atoms. The van der Waals surface area contributed by atoms with E-state index in [0.717, 1.165) is 12.8 Å². The summed E-state index contributed by atoms with van der Waals surface area (Å²) in [7, 11) is 1.43. The maximum atomic E-state index is 13.5. The molecule has 1 aromatic rings. The number of halogens is 1. The van der Waals surface area contributed by atoms with E-state index >= 15 is 0 Å². The van der Waals surface area contributed by atoms with Gasteiger partial charge >= 0.3 is 0 Å². The molecule has 1 fully saturated rings. The Kier molecular flexibility index (Phi) is 12.3. The van der Waals surface area contributed by atoms with Crippen LogP contribution in [0.5, 0.6) is 11.5 Å². The summed E-state index contributed by atoms with van der Waals surface area (Å²) in [6, 6.07) is 2.30. The van der Waals surface area contributed by atoms with Gasteiger partial charge in [-0.25, -0.2) is 0 Å². The van der Waals surface area contributed by atoms with Crippen molar-refractivity contribution in [3.63, 3.8) is 0 Å². The predicted octanol–water partition coefficient (Wildman–Crippen LogP) is 1.79. The van der Waals surface area contributed by atoms with Crippen molar-refractivity contribution in [3.05, 3.63) is 32.9 Å². The Morgan fingerprint density at radius 1 is 1.27 bits per heavy atom. The monoisotopic (exact) mass is 672 g/mol. The van der Waals surface area contributed by atoms with Crippen molar-refractivity contribution in [1.82, 2.24) is 10.2 Å². The summed E-state index contributed by atoms with van der Waals surface area (Å²) in [5.41, 5.74) is 0.676. The van der Waals surface area contributed by atoms with Gasteiger partial charge in [-0.3, -0.25) is 14.4 Å². The van der Waals surface area contributed by atoms with E-state index in [0.29, 0.717) is 34.0 Å². The van der Waals surface area contributed by atoms with Crippen LogP contribution in [0.2, 0.25) is 0 Å². The average Bonchev–Trinajstić information content (AvgIpc) is 3.45. The lowest BCUT2D eigenvalue weighted by Crippen LogP contribution is -2.56. The van der Waals surface area contributed by atoms with Crippen LogP contribution in [0.1, 0.15) is 55.8 Å². The number of carbonyl (C=O) groups is 4. The number of hydrogen-bond donors (Lipinski definition) is 3. The quantitative estimate of drug-likeness (QED) is 0.199. The molecule has 3 rings (SSSR count). The Morgan fingerprint density at radius 3 is 2.67 bits per heavy atom. The molecule has 0 radical (unpaired) electrons. The first-order valence-electron chi connectivity index (χ1n) is 13.4. The normalized spacial score (nSPS) is 22.3. The van der Waals surface area contributed by atoms with Gasteiger partial charge in [0.2, 0.25) is 11.8 Å². The van der Waals surface area contributed by atoms with Gasteiger partial charge in [-0.1, -0.05) is 0 Å². The van der Waals surface area contributed by atoms with Crippen LogP contribution in [0.4, 0.5) is 0 Å². The van der Waals surface area contributed by atoms with Gasteiger partial charge in [-0.2, -0.15) is 0 Å². The van der Waals surface area contributed by atoms with E-state index in [4.69, 9.17) is 14.2 Å². The third-order valence-corrected chi connectivity index (χ3v) is 7.72. The molecule has 2 amide bonds. The fourth-order valence-electron chi connectivity index (χ4n) is 4.90. The number of aldehydes is 1. The topological polar surface area (TPSA) is 152 Å². The maximum Gasteiger partial charge on any atom is 0.247 e. The van der Waals surface area contributed by atoms with Crippen LogP contribution in [-0.4, -0.2) is 96.8 Å². The van der Waals surface area contributed by atoms with Crippen molar-refractivity contribution < 1.29 is 43.6 Å². The minimum absolute atomic E-state index is 0.0143. The summed E-state index contributed by atoms with van der Waals surface area (Å²) in [4.78, 5) is 50.9. The molecule has 1 aliphatic heterocycles. The van der Waals surface area contributed by atoms with Crippen molar-refractivity contribution in [1.29, 1.82) is 0 Å². The number of rotatable bonds is 14. The Morgan fingerprint density at radius 2 is 2.05 bits per heavy atom. The Balaban J connectivity index is 1.97. The molecule has 3 N–H and O–H groups in total. The molecule has 0 spiro atoms. The standard InChI is InChI=1S/C28H37IN2O9/c1-17(34)5-3-7-25(35)31(15-20-6-4-10-39-20)22-13-19(28(37)30-8-9-32)14-23(26(22)36)40-27-21(29)11-18(16-33)12-24(27)38-2/h11-12,14,16,20,22-23,26,32,36H,3-10,13,15H2,1-2H3,(H,30,37)/t20-,22+,23-,26-/m0/s1. The Hall–Kier alpha value is -2.55. The zero-order valence-corrected chi connectivity index (χ0v) is 24.9. The van der Waals surface area contributed by atoms with Gasteiger partial charge in [0, 0.05) is 50.1 Å². The lowest BCUT2D eigenvalue weighted by Gasteiger charge is -2.41. The van der Waals surface area contributed by atoms with Crippen LogP contribution in [0.25, 0.3) is 0 Å². The molecule has 1 aliphatic carbocycles. The second-order valence-corrected chi connectivity index (χ2v) is 11.1. The molecule has 220 valence electrons. The molecule has 0 aromatic heterocycles. The molecule has 0 saturated carbocycles. The fraction of sp³-hybridized carbons (Fsp3) is 0.571. The Labute approximate surface area is 247 Å². The molecular weight excluding hydrogens is 635 g/mol. The van der Waals surface area contributed by atoms with Crippen molar-refractivity contribution in [3.8, 4) is 11.5 Å². The van der Waals surface area contributed by atoms with Crippen LogP contribution in [0.3, 0.4) is 0 Å². The van der Waals surface area contributed by atoms with Crippen LogP contribution in [-0.2, 0) is 19.1 Å². The van der Waals surface area contributed by atoms with Crippen molar-refractivity contribution >= 4 is 46.5 Å². The molecule has 12 heteroatoms. The van der Waals surface area contributed by atoms with Crippen molar-refractivity contribution in [2.75, 3.05) is 33.4 Å². The zero-order valence-electron chi connectivity index (χ0n) is 22.8. The summed E-state index contributed by atoms with van der Waals surface area (Å²) in [5.74, 6) is -0.153. The number of nitrogens with one attached hydrogen (secondary N) is 1. The van der Waals surface area contributed by atoms with Gasteiger partial charge in [0.25, 0.3) is 0 Å². The summed E-state index contributed by atoms with van der Waals surface area (Å²) >= 11 is 2.00. The molecule has 4 atom stereocenters. The molecule has 1 heterocycles. The lowest BCUT2D eigenvalue weighted by atomic mass is 9.87. The molecular formula is C28H37IN2O9. The van der Waals surface area contributed by atoms with Crippen molar-refractivity contribution in [2.24, 2.45) is 0 Å². The highest BCUT2D eigenvalue weighted by Gasteiger charge is 2.41. The number of amides is 2. The number of ketones is 1. The van der Waals surface area contributed by atoms with Crippen molar-refractivity contribution in [2.45, 2.75) is 69.8 Å². The van der Waals surface area contributed by atoms with Gasteiger partial charge in [-0.15, -0.1) is 0 Å². The summed E-state index contributed by atoms with van der Waals surface area (Å²) in [5, 5.41) is 23.4.